The molecule has 3 heterocycles. The van der Waals surface area contributed by atoms with Crippen LogP contribution in [0.3, 0.4) is 0 Å². The van der Waals surface area contributed by atoms with Gasteiger partial charge in [-0.15, -0.1) is 0 Å². The second-order valence-corrected chi connectivity index (χ2v) is 6.94. The van der Waals surface area contributed by atoms with Crippen LogP contribution in [0.5, 0.6) is 5.75 Å². The Bertz CT molecular complexity index is 839. The van der Waals surface area contributed by atoms with E-state index >= 15 is 0 Å². The molecule has 1 atom stereocenters. The first-order chi connectivity index (χ1) is 13.1. The Labute approximate surface area is 156 Å². The van der Waals surface area contributed by atoms with Crippen LogP contribution in [-0.2, 0) is 16.1 Å². The Balaban J connectivity index is 1.28. The highest BCUT2D eigenvalue weighted by molar-refractivity contribution is 5.89. The molecular formula is C20H20FN3O3. The lowest BCUT2D eigenvalue weighted by atomic mass is 10.0. The van der Waals surface area contributed by atoms with Gasteiger partial charge in [-0.1, -0.05) is 12.1 Å². The molecule has 4 rings (SSSR count). The smallest absolute Gasteiger partial charge is 0.228 e. The summed E-state index contributed by atoms with van der Waals surface area (Å²) in [5, 5.41) is 0. The normalized spacial score (nSPS) is 19.9. The minimum Gasteiger partial charge on any atom is -0.484 e. The average Bonchev–Trinajstić information content (AvgIpc) is 3.00. The number of benzene rings is 1. The minimum absolute atomic E-state index is 0.00941. The monoisotopic (exact) mass is 369 g/mol. The van der Waals surface area contributed by atoms with E-state index in [1.54, 1.807) is 40.4 Å². The summed E-state index contributed by atoms with van der Waals surface area (Å²) in [6.45, 7) is 1.75. The molecule has 0 radical (unpaired) electrons. The Kier molecular flexibility index (Phi) is 4.75. The number of pyridine rings is 1. The third kappa shape index (κ3) is 3.77. The summed E-state index contributed by atoms with van der Waals surface area (Å²) >= 11 is 0. The van der Waals surface area contributed by atoms with Crippen molar-refractivity contribution in [2.45, 2.75) is 19.1 Å². The van der Waals surface area contributed by atoms with Crippen molar-refractivity contribution in [1.29, 1.82) is 0 Å². The molecular weight excluding hydrogens is 349 g/mol. The number of halogens is 1. The van der Waals surface area contributed by atoms with Crippen molar-refractivity contribution in [3.63, 3.8) is 0 Å². The molecule has 6 nitrogen and oxygen atoms in total. The summed E-state index contributed by atoms with van der Waals surface area (Å²) in [4.78, 5) is 32.2. The third-order valence-corrected chi connectivity index (χ3v) is 4.98. The van der Waals surface area contributed by atoms with Gasteiger partial charge in [0.15, 0.2) is 11.6 Å². The van der Waals surface area contributed by atoms with Gasteiger partial charge >= 0.3 is 0 Å². The molecule has 0 saturated carbocycles. The Morgan fingerprint density at radius 3 is 2.63 bits per heavy atom. The van der Waals surface area contributed by atoms with Gasteiger partial charge in [-0.3, -0.25) is 14.6 Å². The molecule has 2 fully saturated rings. The first kappa shape index (κ1) is 17.5. The molecule has 1 aromatic carbocycles. The number of likely N-dealkylation sites (tertiary alicyclic amines) is 2. The van der Waals surface area contributed by atoms with E-state index in [0.717, 1.165) is 5.56 Å². The summed E-state index contributed by atoms with van der Waals surface area (Å²) in [6, 6.07) is 9.96. The molecule has 0 N–H and O–H groups in total. The highest BCUT2D eigenvalue weighted by Crippen LogP contribution is 2.26. The van der Waals surface area contributed by atoms with Crippen LogP contribution in [0.15, 0.2) is 48.8 Å². The summed E-state index contributed by atoms with van der Waals surface area (Å²) < 4.78 is 19.2. The Morgan fingerprint density at radius 1 is 1.15 bits per heavy atom. The number of rotatable bonds is 5. The predicted molar refractivity (Wildman–Crippen MR) is 95.2 cm³/mol. The quantitative estimate of drug-likeness (QED) is 0.807. The maximum absolute atomic E-state index is 13.6. The number of ether oxygens (including phenoxy) is 1. The van der Waals surface area contributed by atoms with Crippen molar-refractivity contribution in [2.24, 2.45) is 5.92 Å². The maximum atomic E-state index is 13.6. The zero-order valence-electron chi connectivity index (χ0n) is 14.8. The van der Waals surface area contributed by atoms with E-state index in [0.29, 0.717) is 26.2 Å². The lowest BCUT2D eigenvalue weighted by Crippen LogP contribution is -2.57. The fourth-order valence-corrected chi connectivity index (χ4v) is 3.47. The van der Waals surface area contributed by atoms with E-state index in [1.165, 1.54) is 6.07 Å². The zero-order chi connectivity index (χ0) is 18.8. The number of aromatic nitrogens is 1. The molecule has 1 unspecified atom stereocenters. The Morgan fingerprint density at radius 2 is 1.89 bits per heavy atom. The molecule has 7 heteroatoms. The summed E-state index contributed by atoms with van der Waals surface area (Å²) in [6.07, 6.45) is 3.40. The van der Waals surface area contributed by atoms with Gasteiger partial charge in [0.25, 0.3) is 0 Å². The van der Waals surface area contributed by atoms with Crippen LogP contribution in [0.1, 0.15) is 12.0 Å². The molecule has 27 heavy (non-hydrogen) atoms. The number of carbonyl (C=O) groups excluding carboxylic acids is 2. The van der Waals surface area contributed by atoms with Crippen LogP contribution in [0, 0.1) is 11.7 Å². The third-order valence-electron chi connectivity index (χ3n) is 4.98. The van der Waals surface area contributed by atoms with E-state index < -0.39 is 5.82 Å². The molecule has 2 aliphatic rings. The van der Waals surface area contributed by atoms with Crippen LogP contribution < -0.4 is 4.74 Å². The fourth-order valence-electron chi connectivity index (χ4n) is 3.47. The van der Waals surface area contributed by atoms with Gasteiger partial charge < -0.3 is 14.5 Å². The van der Waals surface area contributed by atoms with Gasteiger partial charge in [0.1, 0.15) is 6.10 Å². The summed E-state index contributed by atoms with van der Waals surface area (Å²) in [5.74, 6) is -0.572. The first-order valence-corrected chi connectivity index (χ1v) is 8.97. The molecule has 1 aromatic heterocycles. The van der Waals surface area contributed by atoms with Gasteiger partial charge in [0, 0.05) is 31.9 Å². The van der Waals surface area contributed by atoms with Gasteiger partial charge in [0.2, 0.25) is 11.8 Å². The molecule has 0 bridgehead atoms. The van der Waals surface area contributed by atoms with Crippen molar-refractivity contribution < 1.29 is 18.7 Å². The lowest BCUT2D eigenvalue weighted by Gasteiger charge is -2.40. The van der Waals surface area contributed by atoms with Crippen molar-refractivity contribution in [2.75, 3.05) is 19.6 Å². The SMILES string of the molecule is O=C1CC(C(=O)N2CC(Oc3ccccc3F)C2)CN1Cc1ccncc1. The number of amides is 2. The van der Waals surface area contributed by atoms with Crippen LogP contribution in [-0.4, -0.2) is 52.3 Å². The molecule has 2 aromatic rings. The number of para-hydroxylation sites is 1. The molecule has 140 valence electrons. The number of carbonyl (C=O) groups is 2. The fraction of sp³-hybridized carbons (Fsp3) is 0.350. The van der Waals surface area contributed by atoms with E-state index in [2.05, 4.69) is 4.98 Å². The van der Waals surface area contributed by atoms with Crippen molar-refractivity contribution in [1.82, 2.24) is 14.8 Å². The molecule has 2 saturated heterocycles. The van der Waals surface area contributed by atoms with Gasteiger partial charge in [-0.25, -0.2) is 4.39 Å². The largest absolute Gasteiger partial charge is 0.484 e. The van der Waals surface area contributed by atoms with Crippen molar-refractivity contribution >= 4 is 11.8 Å². The summed E-state index contributed by atoms with van der Waals surface area (Å²) in [7, 11) is 0. The van der Waals surface area contributed by atoms with Crippen LogP contribution in [0.25, 0.3) is 0 Å². The topological polar surface area (TPSA) is 62.7 Å². The van der Waals surface area contributed by atoms with E-state index in [9.17, 15) is 14.0 Å². The van der Waals surface area contributed by atoms with Gasteiger partial charge in [-0.05, 0) is 29.8 Å². The molecule has 0 aliphatic carbocycles. The van der Waals surface area contributed by atoms with E-state index in [1.807, 2.05) is 12.1 Å². The van der Waals surface area contributed by atoms with Crippen LogP contribution in [0.4, 0.5) is 4.39 Å². The highest BCUT2D eigenvalue weighted by atomic mass is 19.1. The van der Waals surface area contributed by atoms with E-state index in [4.69, 9.17) is 4.74 Å². The zero-order valence-corrected chi connectivity index (χ0v) is 14.8. The highest BCUT2D eigenvalue weighted by Gasteiger charge is 2.41. The van der Waals surface area contributed by atoms with Gasteiger partial charge in [0.05, 0.1) is 19.0 Å². The molecule has 0 spiro atoms. The standard InChI is InChI=1S/C20H20FN3O3/c21-17-3-1-2-4-18(17)27-16-12-24(13-16)20(26)15-9-19(25)23(11-15)10-14-5-7-22-8-6-14/h1-8,15-16H,9-13H2. The summed E-state index contributed by atoms with van der Waals surface area (Å²) in [5.41, 5.74) is 0.994. The molecule has 2 amide bonds. The second kappa shape index (κ2) is 7.34. The Hall–Kier alpha value is -2.96. The van der Waals surface area contributed by atoms with Crippen LogP contribution >= 0.6 is 0 Å². The number of hydrogen-bond acceptors (Lipinski definition) is 4. The van der Waals surface area contributed by atoms with Crippen LogP contribution in [0.2, 0.25) is 0 Å². The van der Waals surface area contributed by atoms with Gasteiger partial charge in [-0.2, -0.15) is 0 Å². The average molecular weight is 369 g/mol. The van der Waals surface area contributed by atoms with E-state index in [-0.39, 0.29) is 36.0 Å². The first-order valence-electron chi connectivity index (χ1n) is 8.97. The predicted octanol–water partition coefficient (Wildman–Crippen LogP) is 1.86. The molecule has 2 aliphatic heterocycles. The lowest BCUT2D eigenvalue weighted by molar-refractivity contribution is -0.144. The maximum Gasteiger partial charge on any atom is 0.228 e. The van der Waals surface area contributed by atoms with Crippen molar-refractivity contribution in [3.8, 4) is 5.75 Å². The number of nitrogens with zero attached hydrogens (tertiary/aromatic N) is 3. The second-order valence-electron chi connectivity index (χ2n) is 6.94. The van der Waals surface area contributed by atoms with Crippen molar-refractivity contribution in [3.05, 3.63) is 60.2 Å². The number of hydrogen-bond donors (Lipinski definition) is 0. The minimum atomic E-state index is -0.407.